The Morgan fingerprint density at radius 1 is 1.38 bits per heavy atom. The minimum atomic E-state index is 0.533. The van der Waals surface area contributed by atoms with Gasteiger partial charge in [-0.05, 0) is 12.1 Å². The van der Waals surface area contributed by atoms with Crippen molar-refractivity contribution in [1.29, 1.82) is 0 Å². The van der Waals surface area contributed by atoms with Crippen LogP contribution in [-0.4, -0.2) is 14.4 Å². The molecule has 0 saturated heterocycles. The van der Waals surface area contributed by atoms with Crippen LogP contribution in [0.2, 0.25) is 0 Å². The highest BCUT2D eigenvalue weighted by atomic mass is 32.1. The second-order valence-corrected chi connectivity index (χ2v) is 4.54. The first-order chi connectivity index (χ1) is 7.86. The smallest absolute Gasteiger partial charge is 0.143 e. The highest BCUT2D eigenvalue weighted by Crippen LogP contribution is 2.24. The molecular formula is C11H10N4S. The average Bonchev–Trinajstić information content (AvgIpc) is 2.95. The van der Waals surface area contributed by atoms with Crippen molar-refractivity contribution in [2.75, 3.05) is 0 Å². The van der Waals surface area contributed by atoms with Crippen LogP contribution in [0, 0.1) is 0 Å². The number of hydrogen-bond donors (Lipinski definition) is 1. The van der Waals surface area contributed by atoms with Gasteiger partial charge >= 0.3 is 0 Å². The molecule has 0 aromatic carbocycles. The monoisotopic (exact) mass is 230 g/mol. The van der Waals surface area contributed by atoms with Crippen LogP contribution in [0.25, 0.3) is 16.3 Å². The van der Waals surface area contributed by atoms with Crippen molar-refractivity contribution >= 4 is 17.0 Å². The van der Waals surface area contributed by atoms with Gasteiger partial charge in [-0.1, -0.05) is 6.07 Å². The van der Waals surface area contributed by atoms with E-state index in [0.717, 1.165) is 21.2 Å². The Kier molecular flexibility index (Phi) is 2.19. The first kappa shape index (κ1) is 9.50. The van der Waals surface area contributed by atoms with Gasteiger partial charge in [-0.2, -0.15) is 0 Å². The van der Waals surface area contributed by atoms with Crippen LogP contribution in [0.4, 0.5) is 0 Å². The van der Waals surface area contributed by atoms with E-state index in [-0.39, 0.29) is 0 Å². The number of nitrogens with two attached hydrogens (primary N) is 1. The van der Waals surface area contributed by atoms with Gasteiger partial charge in [-0.15, -0.1) is 11.3 Å². The maximum Gasteiger partial charge on any atom is 0.143 e. The number of pyridine rings is 1. The Morgan fingerprint density at radius 3 is 3.06 bits per heavy atom. The molecule has 3 heterocycles. The van der Waals surface area contributed by atoms with E-state index in [2.05, 4.69) is 9.97 Å². The lowest BCUT2D eigenvalue weighted by Gasteiger charge is -1.86. The molecular weight excluding hydrogens is 220 g/mol. The first-order valence-corrected chi connectivity index (χ1v) is 5.77. The van der Waals surface area contributed by atoms with Crippen molar-refractivity contribution in [3.05, 3.63) is 41.7 Å². The fourth-order valence-corrected chi connectivity index (χ4v) is 2.30. The summed E-state index contributed by atoms with van der Waals surface area (Å²) in [5.74, 6) is 0. The molecule has 0 amide bonds. The van der Waals surface area contributed by atoms with Crippen molar-refractivity contribution in [2.24, 2.45) is 5.73 Å². The van der Waals surface area contributed by atoms with E-state index >= 15 is 0 Å². The molecule has 0 saturated carbocycles. The van der Waals surface area contributed by atoms with Gasteiger partial charge in [-0.25, -0.2) is 9.97 Å². The first-order valence-electron chi connectivity index (χ1n) is 4.96. The van der Waals surface area contributed by atoms with Gasteiger partial charge in [0, 0.05) is 30.0 Å². The standard InChI is InChI=1S/C11H10N4S/c12-5-8-6-13-11(16-8)9-7-15-4-2-1-3-10(15)14-9/h1-4,6-7H,5,12H2. The zero-order valence-corrected chi connectivity index (χ0v) is 9.31. The normalized spacial score (nSPS) is 11.1. The minimum absolute atomic E-state index is 0.533. The number of aromatic nitrogens is 3. The molecule has 16 heavy (non-hydrogen) atoms. The third-order valence-electron chi connectivity index (χ3n) is 2.34. The molecule has 5 heteroatoms. The van der Waals surface area contributed by atoms with Gasteiger partial charge in [0.15, 0.2) is 0 Å². The fraction of sp³-hybridized carbons (Fsp3) is 0.0909. The summed E-state index contributed by atoms with van der Waals surface area (Å²) in [5.41, 5.74) is 7.39. The second kappa shape index (κ2) is 3.70. The Bertz CT molecular complexity index is 592. The van der Waals surface area contributed by atoms with E-state index < -0.39 is 0 Å². The second-order valence-electron chi connectivity index (χ2n) is 3.43. The molecule has 3 aromatic heterocycles. The summed E-state index contributed by atoms with van der Waals surface area (Å²) in [4.78, 5) is 9.89. The molecule has 0 atom stereocenters. The molecule has 0 aliphatic carbocycles. The number of nitrogens with zero attached hydrogens (tertiary/aromatic N) is 3. The highest BCUT2D eigenvalue weighted by molar-refractivity contribution is 7.14. The molecule has 4 nitrogen and oxygen atoms in total. The molecule has 0 aliphatic heterocycles. The average molecular weight is 230 g/mol. The van der Waals surface area contributed by atoms with Crippen molar-refractivity contribution in [3.63, 3.8) is 0 Å². The summed E-state index contributed by atoms with van der Waals surface area (Å²) in [7, 11) is 0. The summed E-state index contributed by atoms with van der Waals surface area (Å²) in [5, 5.41) is 0.921. The van der Waals surface area contributed by atoms with E-state index in [1.54, 1.807) is 11.3 Å². The van der Waals surface area contributed by atoms with E-state index in [1.807, 2.05) is 41.2 Å². The molecule has 80 valence electrons. The van der Waals surface area contributed by atoms with Gasteiger partial charge in [-0.3, -0.25) is 0 Å². The summed E-state index contributed by atoms with van der Waals surface area (Å²) in [6.07, 6.45) is 5.77. The molecule has 3 aromatic rings. The number of hydrogen-bond acceptors (Lipinski definition) is 4. The van der Waals surface area contributed by atoms with Crippen LogP contribution in [-0.2, 0) is 6.54 Å². The third kappa shape index (κ3) is 1.50. The third-order valence-corrected chi connectivity index (χ3v) is 3.38. The molecule has 0 radical (unpaired) electrons. The number of imidazole rings is 1. The summed E-state index contributed by atoms with van der Waals surface area (Å²) >= 11 is 1.59. The zero-order valence-electron chi connectivity index (χ0n) is 8.50. The number of thiazole rings is 1. The molecule has 0 fully saturated rings. The summed E-state index contributed by atoms with van der Waals surface area (Å²) < 4.78 is 1.98. The van der Waals surface area contributed by atoms with Crippen LogP contribution < -0.4 is 5.73 Å². The summed E-state index contributed by atoms with van der Waals surface area (Å²) in [6, 6.07) is 5.92. The number of fused-ring (bicyclic) bond motifs is 1. The van der Waals surface area contributed by atoms with Crippen molar-refractivity contribution < 1.29 is 0 Å². The van der Waals surface area contributed by atoms with Crippen LogP contribution in [0.15, 0.2) is 36.8 Å². The predicted octanol–water partition coefficient (Wildman–Crippen LogP) is 1.92. The maximum atomic E-state index is 5.56. The van der Waals surface area contributed by atoms with E-state index in [4.69, 9.17) is 5.73 Å². The molecule has 0 bridgehead atoms. The Balaban J connectivity index is 2.11. The van der Waals surface area contributed by atoms with Gasteiger partial charge in [0.25, 0.3) is 0 Å². The molecule has 2 N–H and O–H groups in total. The molecule has 0 aliphatic rings. The van der Waals surface area contributed by atoms with Gasteiger partial charge in [0.1, 0.15) is 16.3 Å². The van der Waals surface area contributed by atoms with Crippen LogP contribution in [0.5, 0.6) is 0 Å². The Labute approximate surface area is 96.4 Å². The number of rotatable bonds is 2. The van der Waals surface area contributed by atoms with Gasteiger partial charge < -0.3 is 10.1 Å². The zero-order chi connectivity index (χ0) is 11.0. The SMILES string of the molecule is NCc1cnc(-c2cn3ccccc3n2)s1. The minimum Gasteiger partial charge on any atom is -0.326 e. The van der Waals surface area contributed by atoms with Gasteiger partial charge in [0.05, 0.1) is 0 Å². The molecule has 0 spiro atoms. The van der Waals surface area contributed by atoms with Crippen molar-refractivity contribution in [3.8, 4) is 10.7 Å². The Hall–Kier alpha value is -1.72. The lowest BCUT2D eigenvalue weighted by Crippen LogP contribution is -1.91. The summed E-state index contributed by atoms with van der Waals surface area (Å²) in [6.45, 7) is 0.533. The van der Waals surface area contributed by atoms with Crippen molar-refractivity contribution in [1.82, 2.24) is 14.4 Å². The van der Waals surface area contributed by atoms with E-state index in [9.17, 15) is 0 Å². The van der Waals surface area contributed by atoms with Gasteiger partial charge in [0.2, 0.25) is 0 Å². The van der Waals surface area contributed by atoms with Crippen molar-refractivity contribution in [2.45, 2.75) is 6.54 Å². The topological polar surface area (TPSA) is 56.2 Å². The maximum absolute atomic E-state index is 5.56. The molecule has 0 unspecified atom stereocenters. The largest absolute Gasteiger partial charge is 0.326 e. The fourth-order valence-electron chi connectivity index (χ4n) is 1.56. The Morgan fingerprint density at radius 2 is 2.31 bits per heavy atom. The quantitative estimate of drug-likeness (QED) is 0.731. The predicted molar refractivity (Wildman–Crippen MR) is 64.2 cm³/mol. The highest BCUT2D eigenvalue weighted by Gasteiger charge is 2.07. The lowest BCUT2D eigenvalue weighted by molar-refractivity contribution is 1.10. The lowest BCUT2D eigenvalue weighted by atomic mass is 10.5. The van der Waals surface area contributed by atoms with E-state index in [0.29, 0.717) is 6.54 Å². The van der Waals surface area contributed by atoms with Crippen LogP contribution in [0.3, 0.4) is 0 Å². The molecule has 3 rings (SSSR count). The van der Waals surface area contributed by atoms with E-state index in [1.165, 1.54) is 0 Å². The van der Waals surface area contributed by atoms with Crippen LogP contribution in [0.1, 0.15) is 4.88 Å². The van der Waals surface area contributed by atoms with Crippen LogP contribution >= 0.6 is 11.3 Å².